The molecular formula is C48H42N2. The van der Waals surface area contributed by atoms with Gasteiger partial charge >= 0.3 is 0 Å². The monoisotopic (exact) mass is 646 g/mol. The van der Waals surface area contributed by atoms with Gasteiger partial charge in [-0.1, -0.05) is 148 Å². The van der Waals surface area contributed by atoms with E-state index in [1.807, 2.05) is 0 Å². The average molecular weight is 647 g/mol. The van der Waals surface area contributed by atoms with Crippen molar-refractivity contribution >= 4 is 46.3 Å². The summed E-state index contributed by atoms with van der Waals surface area (Å²) >= 11 is 0. The second-order valence-corrected chi connectivity index (χ2v) is 13.6. The van der Waals surface area contributed by atoms with Gasteiger partial charge in [-0.05, 0) is 106 Å². The molecule has 2 nitrogen and oxygen atoms in total. The fraction of sp³-hybridized carbons (Fsp3) is 0.0833. The van der Waals surface area contributed by atoms with E-state index in [1.165, 1.54) is 22.3 Å². The molecule has 0 aliphatic rings. The molecule has 0 radical (unpaired) electrons. The lowest BCUT2D eigenvalue weighted by Crippen LogP contribution is -2.13. The van der Waals surface area contributed by atoms with E-state index in [9.17, 15) is 0 Å². The molecule has 7 aromatic carbocycles. The Hall–Kier alpha value is -6.12. The molecule has 0 unspecified atom stereocenters. The van der Waals surface area contributed by atoms with Gasteiger partial charge < -0.3 is 9.80 Å². The molecular weight excluding hydrogens is 605 g/mol. The minimum Gasteiger partial charge on any atom is -0.311 e. The lowest BCUT2D eigenvalue weighted by atomic mass is 9.87. The minimum atomic E-state index is 0.115. The van der Waals surface area contributed by atoms with Crippen molar-refractivity contribution in [3.05, 3.63) is 205 Å². The summed E-state index contributed by atoms with van der Waals surface area (Å²) in [6.07, 6.45) is 4.36. The van der Waals surface area contributed by atoms with Crippen molar-refractivity contribution in [2.75, 3.05) is 9.80 Å². The van der Waals surface area contributed by atoms with Crippen LogP contribution in [0.5, 0.6) is 0 Å². The van der Waals surface area contributed by atoms with Gasteiger partial charge in [-0.3, -0.25) is 0 Å². The normalized spacial score (nSPS) is 11.4. The smallest absolute Gasteiger partial charge is 0.0462 e. The zero-order valence-electron chi connectivity index (χ0n) is 28.9. The Bertz CT molecular complexity index is 2090. The van der Waals surface area contributed by atoms with Crippen LogP contribution in [0.2, 0.25) is 0 Å². The Morgan fingerprint density at radius 2 is 0.600 bits per heavy atom. The van der Waals surface area contributed by atoms with E-state index >= 15 is 0 Å². The largest absolute Gasteiger partial charge is 0.311 e. The number of rotatable bonds is 9. The third kappa shape index (κ3) is 7.46. The highest BCUT2D eigenvalue weighted by atomic mass is 15.1. The van der Waals surface area contributed by atoms with Crippen LogP contribution < -0.4 is 9.80 Å². The molecule has 0 saturated carbocycles. The second kappa shape index (κ2) is 14.6. The van der Waals surface area contributed by atoms with Crippen LogP contribution in [0, 0.1) is 0 Å². The average Bonchev–Trinajstić information content (AvgIpc) is 3.16. The summed E-state index contributed by atoms with van der Waals surface area (Å²) in [5, 5.41) is 0. The molecule has 7 rings (SSSR count). The van der Waals surface area contributed by atoms with Gasteiger partial charge in [-0.25, -0.2) is 0 Å². The molecule has 7 aromatic rings. The summed E-state index contributed by atoms with van der Waals surface area (Å²) in [6, 6.07) is 66.9. The predicted octanol–water partition coefficient (Wildman–Crippen LogP) is 13.8. The van der Waals surface area contributed by atoms with E-state index in [4.69, 9.17) is 0 Å². The van der Waals surface area contributed by atoms with Crippen LogP contribution in [-0.2, 0) is 5.41 Å². The van der Waals surface area contributed by atoms with Crippen LogP contribution in [0.25, 0.3) is 23.3 Å². The van der Waals surface area contributed by atoms with Gasteiger partial charge in [0.1, 0.15) is 0 Å². The molecule has 244 valence electrons. The molecule has 0 amide bonds. The Kier molecular flexibility index (Phi) is 9.44. The minimum absolute atomic E-state index is 0.115. The maximum atomic E-state index is 2.31. The van der Waals surface area contributed by atoms with Crippen molar-refractivity contribution in [1.29, 1.82) is 0 Å². The topological polar surface area (TPSA) is 6.48 Å². The Morgan fingerprint density at radius 3 is 0.960 bits per heavy atom. The summed E-state index contributed by atoms with van der Waals surface area (Å²) in [5.74, 6) is 0. The molecule has 0 aromatic heterocycles. The van der Waals surface area contributed by atoms with Gasteiger partial charge in [0.05, 0.1) is 0 Å². The third-order valence-corrected chi connectivity index (χ3v) is 9.02. The van der Waals surface area contributed by atoms with Crippen molar-refractivity contribution in [1.82, 2.24) is 0 Å². The van der Waals surface area contributed by atoms with Crippen molar-refractivity contribution in [3.63, 3.8) is 0 Å². The lowest BCUT2D eigenvalue weighted by molar-refractivity contribution is 0.590. The highest BCUT2D eigenvalue weighted by molar-refractivity contribution is 5.80. The molecule has 0 N–H and O–H groups in total. The Labute approximate surface area is 297 Å². The van der Waals surface area contributed by atoms with Crippen molar-refractivity contribution in [3.8, 4) is 11.1 Å². The molecule has 0 aliphatic carbocycles. The number of benzene rings is 7. The number of para-hydroxylation sites is 3. The zero-order chi connectivity index (χ0) is 34.3. The Morgan fingerprint density at radius 1 is 0.320 bits per heavy atom. The van der Waals surface area contributed by atoms with Crippen molar-refractivity contribution < 1.29 is 0 Å². The van der Waals surface area contributed by atoms with E-state index in [1.54, 1.807) is 0 Å². The molecule has 0 bridgehead atoms. The highest BCUT2D eigenvalue weighted by Gasteiger charge is 2.16. The number of anilines is 6. The standard InChI is InChI=1S/C48H42N2/c1-48(2,3)41-29-35-47(36-30-41)50(44-17-11-6-12-18-44)45-31-23-38(24-32-45)20-19-37-21-25-39(26-22-37)40-27-33-46(34-28-40)49(42-13-7-4-8-14-42)43-15-9-5-10-16-43/h4-36H,1-3H3/b20-19+. The molecule has 0 saturated heterocycles. The summed E-state index contributed by atoms with van der Waals surface area (Å²) in [6.45, 7) is 6.76. The fourth-order valence-electron chi connectivity index (χ4n) is 6.25. The fourth-order valence-corrected chi connectivity index (χ4v) is 6.25. The van der Waals surface area contributed by atoms with E-state index in [2.05, 4.69) is 231 Å². The van der Waals surface area contributed by atoms with Gasteiger partial charge in [-0.2, -0.15) is 0 Å². The molecule has 0 heterocycles. The number of hydrogen-bond acceptors (Lipinski definition) is 2. The highest BCUT2D eigenvalue weighted by Crippen LogP contribution is 2.37. The van der Waals surface area contributed by atoms with E-state index < -0.39 is 0 Å². The number of nitrogens with zero attached hydrogens (tertiary/aromatic N) is 2. The first-order valence-electron chi connectivity index (χ1n) is 17.3. The summed E-state index contributed by atoms with van der Waals surface area (Å²) in [5.41, 5.74) is 13.0. The maximum absolute atomic E-state index is 2.31. The maximum Gasteiger partial charge on any atom is 0.0462 e. The van der Waals surface area contributed by atoms with Crippen LogP contribution in [-0.4, -0.2) is 0 Å². The SMILES string of the molecule is CC(C)(C)c1ccc(N(c2ccccc2)c2ccc(/C=C/c3ccc(-c4ccc(N(c5ccccc5)c5ccccc5)cc4)cc3)cc2)cc1. The van der Waals surface area contributed by atoms with Crippen LogP contribution >= 0.6 is 0 Å². The van der Waals surface area contributed by atoms with E-state index in [0.29, 0.717) is 0 Å². The number of hydrogen-bond donors (Lipinski definition) is 0. The zero-order valence-corrected chi connectivity index (χ0v) is 28.9. The molecule has 0 atom stereocenters. The third-order valence-electron chi connectivity index (χ3n) is 9.02. The summed E-state index contributed by atoms with van der Waals surface area (Å²) in [7, 11) is 0. The quantitative estimate of drug-likeness (QED) is 0.144. The van der Waals surface area contributed by atoms with Crippen LogP contribution in [0.15, 0.2) is 188 Å². The first-order valence-corrected chi connectivity index (χ1v) is 17.3. The molecule has 0 fully saturated rings. The van der Waals surface area contributed by atoms with Crippen LogP contribution in [0.1, 0.15) is 37.5 Å². The van der Waals surface area contributed by atoms with Gasteiger partial charge in [-0.15, -0.1) is 0 Å². The first kappa shape index (κ1) is 32.4. The molecule has 50 heavy (non-hydrogen) atoms. The van der Waals surface area contributed by atoms with Gasteiger partial charge in [0.2, 0.25) is 0 Å². The van der Waals surface area contributed by atoms with Crippen molar-refractivity contribution in [2.24, 2.45) is 0 Å². The lowest BCUT2D eigenvalue weighted by Gasteiger charge is -2.27. The van der Waals surface area contributed by atoms with Crippen LogP contribution in [0.4, 0.5) is 34.1 Å². The van der Waals surface area contributed by atoms with Gasteiger partial charge in [0.15, 0.2) is 0 Å². The van der Waals surface area contributed by atoms with Gasteiger partial charge in [0, 0.05) is 34.1 Å². The molecule has 0 aliphatic heterocycles. The van der Waals surface area contributed by atoms with E-state index in [0.717, 1.165) is 39.7 Å². The van der Waals surface area contributed by atoms with Gasteiger partial charge in [0.25, 0.3) is 0 Å². The molecule has 2 heteroatoms. The summed E-state index contributed by atoms with van der Waals surface area (Å²) in [4.78, 5) is 4.60. The van der Waals surface area contributed by atoms with E-state index in [-0.39, 0.29) is 5.41 Å². The second-order valence-electron chi connectivity index (χ2n) is 13.6. The Balaban J connectivity index is 1.06. The summed E-state index contributed by atoms with van der Waals surface area (Å²) < 4.78 is 0. The first-order chi connectivity index (χ1) is 24.4. The van der Waals surface area contributed by atoms with Crippen molar-refractivity contribution in [2.45, 2.75) is 26.2 Å². The molecule has 0 spiro atoms. The predicted molar refractivity (Wildman–Crippen MR) is 215 cm³/mol. The van der Waals surface area contributed by atoms with Crippen LogP contribution in [0.3, 0.4) is 0 Å².